The van der Waals surface area contributed by atoms with Gasteiger partial charge in [-0.15, -0.1) is 0 Å². The van der Waals surface area contributed by atoms with E-state index in [4.69, 9.17) is 25.8 Å². The first-order chi connectivity index (χ1) is 15.0. The van der Waals surface area contributed by atoms with Crippen molar-refractivity contribution in [1.82, 2.24) is 0 Å². The van der Waals surface area contributed by atoms with Gasteiger partial charge in [-0.3, -0.25) is 4.79 Å². The standard InChI is InChI=1S/C25H19ClO5/c1-15-21(30-14-17-5-9-19(26)10-6-17)12-11-20-23(27)22(31-24(15)20)13-16-3-7-18(8-4-16)25(28)29-2/h3-13H,14H2,1-2H3/b22-13-. The average Bonchev–Trinajstić information content (AvgIpc) is 3.10. The number of methoxy groups -OCH3 is 1. The van der Waals surface area contributed by atoms with Crippen LogP contribution in [-0.4, -0.2) is 18.9 Å². The van der Waals surface area contributed by atoms with Crippen LogP contribution in [0.25, 0.3) is 6.08 Å². The lowest BCUT2D eigenvalue weighted by molar-refractivity contribution is 0.0600. The Hall–Kier alpha value is -3.57. The first-order valence-corrected chi connectivity index (χ1v) is 9.97. The molecule has 0 saturated heterocycles. The van der Waals surface area contributed by atoms with Crippen LogP contribution >= 0.6 is 11.6 Å². The number of hydrogen-bond donors (Lipinski definition) is 0. The van der Waals surface area contributed by atoms with Crippen LogP contribution < -0.4 is 9.47 Å². The van der Waals surface area contributed by atoms with Crippen LogP contribution in [0.1, 0.15) is 37.4 Å². The zero-order chi connectivity index (χ0) is 22.0. The zero-order valence-electron chi connectivity index (χ0n) is 17.0. The lowest BCUT2D eigenvalue weighted by Gasteiger charge is -2.11. The molecule has 0 N–H and O–H groups in total. The van der Waals surface area contributed by atoms with Gasteiger partial charge >= 0.3 is 5.97 Å². The van der Waals surface area contributed by atoms with Crippen LogP contribution in [0.2, 0.25) is 5.02 Å². The summed E-state index contributed by atoms with van der Waals surface area (Å²) < 4.78 is 16.5. The molecule has 0 fully saturated rings. The van der Waals surface area contributed by atoms with Gasteiger partial charge in [0.2, 0.25) is 5.78 Å². The number of benzene rings is 3. The summed E-state index contributed by atoms with van der Waals surface area (Å²) in [4.78, 5) is 24.3. The van der Waals surface area contributed by atoms with E-state index in [1.54, 1.807) is 42.5 Å². The molecule has 0 aliphatic carbocycles. The van der Waals surface area contributed by atoms with Crippen molar-refractivity contribution < 1.29 is 23.8 Å². The molecule has 6 heteroatoms. The van der Waals surface area contributed by atoms with Gasteiger partial charge in [-0.1, -0.05) is 35.9 Å². The molecule has 0 bridgehead atoms. The SMILES string of the molecule is COC(=O)c1ccc(/C=C2\Oc3c(ccc(OCc4ccc(Cl)cc4)c3C)C2=O)cc1. The fraction of sp³-hybridized carbons (Fsp3) is 0.120. The first kappa shape index (κ1) is 20.7. The Morgan fingerprint density at radius 1 is 1.03 bits per heavy atom. The molecule has 0 atom stereocenters. The van der Waals surface area contributed by atoms with Crippen molar-refractivity contribution in [1.29, 1.82) is 0 Å². The molecule has 1 aliphatic heterocycles. The van der Waals surface area contributed by atoms with Gasteiger partial charge in [0.1, 0.15) is 18.1 Å². The van der Waals surface area contributed by atoms with Gasteiger partial charge < -0.3 is 14.2 Å². The minimum atomic E-state index is -0.415. The molecule has 4 rings (SSSR count). The van der Waals surface area contributed by atoms with Crippen LogP contribution in [0.4, 0.5) is 0 Å². The number of carbonyl (C=O) groups excluding carboxylic acids is 2. The lowest BCUT2D eigenvalue weighted by atomic mass is 10.1. The molecule has 156 valence electrons. The van der Waals surface area contributed by atoms with Gasteiger partial charge in [0.15, 0.2) is 5.76 Å². The molecule has 1 heterocycles. The number of allylic oxidation sites excluding steroid dienone is 1. The van der Waals surface area contributed by atoms with Crippen molar-refractivity contribution in [3.8, 4) is 11.5 Å². The Labute approximate surface area is 184 Å². The minimum absolute atomic E-state index is 0.195. The van der Waals surface area contributed by atoms with Crippen LogP contribution in [0.3, 0.4) is 0 Å². The number of ketones is 1. The number of fused-ring (bicyclic) bond motifs is 1. The quantitative estimate of drug-likeness (QED) is 0.384. The lowest BCUT2D eigenvalue weighted by Crippen LogP contribution is -2.01. The predicted octanol–water partition coefficient (Wildman–Crippen LogP) is 5.63. The van der Waals surface area contributed by atoms with E-state index >= 15 is 0 Å². The molecule has 3 aromatic rings. The Morgan fingerprint density at radius 3 is 2.42 bits per heavy atom. The predicted molar refractivity (Wildman–Crippen MR) is 118 cm³/mol. The number of hydrogen-bond acceptors (Lipinski definition) is 5. The second kappa shape index (κ2) is 8.66. The Bertz CT molecular complexity index is 1180. The van der Waals surface area contributed by atoms with E-state index in [1.807, 2.05) is 31.2 Å². The Balaban J connectivity index is 1.53. The van der Waals surface area contributed by atoms with Crippen molar-refractivity contribution in [2.75, 3.05) is 7.11 Å². The van der Waals surface area contributed by atoms with Gasteiger partial charge in [0.25, 0.3) is 0 Å². The number of rotatable bonds is 5. The van der Waals surface area contributed by atoms with E-state index in [2.05, 4.69) is 0 Å². The second-order valence-corrected chi connectivity index (χ2v) is 7.47. The molecular weight excluding hydrogens is 416 g/mol. The number of esters is 1. The molecular formula is C25H19ClO5. The summed E-state index contributed by atoms with van der Waals surface area (Å²) in [6.07, 6.45) is 1.65. The summed E-state index contributed by atoms with van der Waals surface area (Å²) in [7, 11) is 1.33. The molecule has 0 unspecified atom stereocenters. The smallest absolute Gasteiger partial charge is 0.337 e. The van der Waals surface area contributed by atoms with Crippen LogP contribution in [0.5, 0.6) is 11.5 Å². The van der Waals surface area contributed by atoms with Gasteiger partial charge in [-0.25, -0.2) is 4.79 Å². The highest BCUT2D eigenvalue weighted by molar-refractivity contribution is 6.30. The third-order valence-corrected chi connectivity index (χ3v) is 5.23. The highest BCUT2D eigenvalue weighted by atomic mass is 35.5. The van der Waals surface area contributed by atoms with E-state index in [0.717, 1.165) is 16.7 Å². The van der Waals surface area contributed by atoms with E-state index in [1.165, 1.54) is 7.11 Å². The van der Waals surface area contributed by atoms with Crippen LogP contribution in [0.15, 0.2) is 66.4 Å². The molecule has 0 aromatic heterocycles. The highest BCUT2D eigenvalue weighted by Gasteiger charge is 2.30. The molecule has 3 aromatic carbocycles. The molecule has 0 saturated carbocycles. The summed E-state index contributed by atoms with van der Waals surface area (Å²) >= 11 is 5.92. The van der Waals surface area contributed by atoms with Gasteiger partial charge in [0, 0.05) is 10.6 Å². The van der Waals surface area contributed by atoms with E-state index < -0.39 is 5.97 Å². The maximum Gasteiger partial charge on any atom is 0.337 e. The number of ether oxygens (including phenoxy) is 3. The monoisotopic (exact) mass is 434 g/mol. The first-order valence-electron chi connectivity index (χ1n) is 9.59. The van der Waals surface area contributed by atoms with Gasteiger partial charge in [-0.05, 0) is 60.5 Å². The molecule has 0 spiro atoms. The summed E-state index contributed by atoms with van der Waals surface area (Å²) in [6, 6.07) is 17.6. The summed E-state index contributed by atoms with van der Waals surface area (Å²) in [5.74, 6) is 0.751. The number of Topliss-reactive ketones (excluding diaryl/α,β-unsaturated/α-hetero) is 1. The van der Waals surface area contributed by atoms with Crippen molar-refractivity contribution in [3.63, 3.8) is 0 Å². The number of carbonyl (C=O) groups is 2. The molecule has 31 heavy (non-hydrogen) atoms. The van der Waals surface area contributed by atoms with E-state index in [9.17, 15) is 9.59 Å². The fourth-order valence-electron chi connectivity index (χ4n) is 3.25. The van der Waals surface area contributed by atoms with Crippen molar-refractivity contribution >= 4 is 29.4 Å². The summed E-state index contributed by atoms with van der Waals surface area (Å²) in [6.45, 7) is 2.23. The van der Waals surface area contributed by atoms with Crippen molar-refractivity contribution in [3.05, 3.63) is 99.3 Å². The third kappa shape index (κ3) is 4.32. The fourth-order valence-corrected chi connectivity index (χ4v) is 3.38. The average molecular weight is 435 g/mol. The van der Waals surface area contributed by atoms with Crippen LogP contribution in [-0.2, 0) is 11.3 Å². The Morgan fingerprint density at radius 2 is 1.74 bits per heavy atom. The maximum absolute atomic E-state index is 12.8. The van der Waals surface area contributed by atoms with Crippen molar-refractivity contribution in [2.45, 2.75) is 13.5 Å². The second-order valence-electron chi connectivity index (χ2n) is 7.03. The molecule has 0 radical (unpaired) electrons. The van der Waals surface area contributed by atoms with Crippen LogP contribution in [0, 0.1) is 6.92 Å². The molecule has 5 nitrogen and oxygen atoms in total. The van der Waals surface area contributed by atoms with E-state index in [-0.39, 0.29) is 11.5 Å². The third-order valence-electron chi connectivity index (χ3n) is 4.97. The van der Waals surface area contributed by atoms with E-state index in [0.29, 0.717) is 34.3 Å². The maximum atomic E-state index is 12.8. The molecule has 1 aliphatic rings. The van der Waals surface area contributed by atoms with Gasteiger partial charge in [0.05, 0.1) is 18.2 Å². The number of halogens is 1. The largest absolute Gasteiger partial charge is 0.488 e. The topological polar surface area (TPSA) is 61.8 Å². The zero-order valence-corrected chi connectivity index (χ0v) is 17.7. The van der Waals surface area contributed by atoms with Gasteiger partial charge in [-0.2, -0.15) is 0 Å². The van der Waals surface area contributed by atoms with Crippen molar-refractivity contribution in [2.24, 2.45) is 0 Å². The highest BCUT2D eigenvalue weighted by Crippen LogP contribution is 2.39. The summed E-state index contributed by atoms with van der Waals surface area (Å²) in [5.41, 5.74) is 3.40. The summed E-state index contributed by atoms with van der Waals surface area (Å²) in [5, 5.41) is 0.670. The molecule has 0 amide bonds. The normalized spacial score (nSPS) is 13.6. The Kier molecular flexibility index (Phi) is 5.78. The minimum Gasteiger partial charge on any atom is -0.488 e.